The quantitative estimate of drug-likeness (QED) is 0.705. The molecule has 4 N–H and O–H groups in total. The number of phenols is 1. The highest BCUT2D eigenvalue weighted by Crippen LogP contribution is 2.10. The van der Waals surface area contributed by atoms with Crippen molar-refractivity contribution in [1.82, 2.24) is 5.32 Å². The Kier molecular flexibility index (Phi) is 5.74. The van der Waals surface area contributed by atoms with Gasteiger partial charge in [-0.2, -0.15) is 0 Å². The fourth-order valence-corrected chi connectivity index (χ4v) is 1.16. The van der Waals surface area contributed by atoms with Crippen molar-refractivity contribution in [3.8, 4) is 5.75 Å². The maximum atomic E-state index is 11.1. The summed E-state index contributed by atoms with van der Waals surface area (Å²) in [4.78, 5) is 11.1. The van der Waals surface area contributed by atoms with Crippen LogP contribution < -0.4 is 11.1 Å². The van der Waals surface area contributed by atoms with Gasteiger partial charge in [-0.25, -0.2) is 0 Å². The third-order valence-electron chi connectivity index (χ3n) is 1.98. The zero-order valence-corrected chi connectivity index (χ0v) is 9.25. The lowest BCUT2D eigenvalue weighted by Gasteiger charge is -2.09. The smallest absolute Gasteiger partial charge is 0.237 e. The van der Waals surface area contributed by atoms with Crippen LogP contribution in [0.2, 0.25) is 0 Å². The van der Waals surface area contributed by atoms with Crippen LogP contribution in [-0.4, -0.2) is 24.1 Å². The summed E-state index contributed by atoms with van der Waals surface area (Å²) in [7, 11) is 1.55. The molecule has 1 atom stereocenters. The van der Waals surface area contributed by atoms with Gasteiger partial charge in [0.25, 0.3) is 0 Å². The topological polar surface area (TPSA) is 75.4 Å². The van der Waals surface area contributed by atoms with Crippen molar-refractivity contribution < 1.29 is 9.90 Å². The lowest BCUT2D eigenvalue weighted by Crippen LogP contribution is -2.40. The molecule has 4 nitrogen and oxygen atoms in total. The monoisotopic (exact) mass is 230 g/mol. The molecule has 0 aliphatic heterocycles. The largest absolute Gasteiger partial charge is 0.508 e. The number of amides is 1. The molecule has 0 aliphatic rings. The molecule has 1 aromatic carbocycles. The molecule has 0 spiro atoms. The second kappa shape index (κ2) is 6.27. The number of nitrogens with one attached hydrogen (secondary N) is 1. The van der Waals surface area contributed by atoms with Gasteiger partial charge in [0.15, 0.2) is 0 Å². The van der Waals surface area contributed by atoms with E-state index >= 15 is 0 Å². The summed E-state index contributed by atoms with van der Waals surface area (Å²) in [6.45, 7) is 0. The van der Waals surface area contributed by atoms with Crippen LogP contribution in [0.3, 0.4) is 0 Å². The zero-order chi connectivity index (χ0) is 10.6. The molecule has 1 aromatic rings. The third kappa shape index (κ3) is 4.18. The van der Waals surface area contributed by atoms with E-state index in [0.717, 1.165) is 5.56 Å². The second-order valence-electron chi connectivity index (χ2n) is 3.09. The van der Waals surface area contributed by atoms with Crippen LogP contribution in [0.5, 0.6) is 5.75 Å². The van der Waals surface area contributed by atoms with E-state index < -0.39 is 6.04 Å². The van der Waals surface area contributed by atoms with Gasteiger partial charge in [0, 0.05) is 7.05 Å². The van der Waals surface area contributed by atoms with Gasteiger partial charge in [0.05, 0.1) is 6.04 Å². The molecule has 0 saturated heterocycles. The standard InChI is InChI=1S/C10H14N2O2.ClH/c1-12-10(14)9(11)6-7-2-4-8(13)5-3-7;/h2-5,9,13H,6,11H2,1H3,(H,12,14);1H. The summed E-state index contributed by atoms with van der Waals surface area (Å²) in [5, 5.41) is 11.5. The Bertz CT molecular complexity index is 314. The van der Waals surface area contributed by atoms with Crippen molar-refractivity contribution in [2.24, 2.45) is 5.73 Å². The van der Waals surface area contributed by atoms with Crippen molar-refractivity contribution in [2.75, 3.05) is 7.05 Å². The average Bonchev–Trinajstić information content (AvgIpc) is 2.20. The number of carbonyl (C=O) groups is 1. The highest BCUT2D eigenvalue weighted by Gasteiger charge is 2.11. The molecule has 84 valence electrons. The first-order valence-electron chi connectivity index (χ1n) is 4.38. The number of benzene rings is 1. The Balaban J connectivity index is 0.00000196. The first-order valence-corrected chi connectivity index (χ1v) is 4.38. The van der Waals surface area contributed by atoms with E-state index in [4.69, 9.17) is 10.8 Å². The molecule has 1 amide bonds. The Hall–Kier alpha value is -1.26. The Morgan fingerprint density at radius 2 is 2.00 bits per heavy atom. The maximum Gasteiger partial charge on any atom is 0.237 e. The average molecular weight is 231 g/mol. The number of halogens is 1. The van der Waals surface area contributed by atoms with Gasteiger partial charge < -0.3 is 16.2 Å². The number of phenolic OH excluding ortho intramolecular Hbond substituents is 1. The maximum absolute atomic E-state index is 11.1. The number of aromatic hydroxyl groups is 1. The fraction of sp³-hybridized carbons (Fsp3) is 0.300. The van der Waals surface area contributed by atoms with E-state index in [1.54, 1.807) is 31.3 Å². The first-order chi connectivity index (χ1) is 6.63. The predicted octanol–water partition coefficient (Wildman–Crippen LogP) is 0.430. The second-order valence-corrected chi connectivity index (χ2v) is 3.09. The summed E-state index contributed by atoms with van der Waals surface area (Å²) in [5.41, 5.74) is 6.55. The zero-order valence-electron chi connectivity index (χ0n) is 8.43. The van der Waals surface area contributed by atoms with Gasteiger partial charge in [-0.05, 0) is 24.1 Å². The Labute approximate surface area is 94.9 Å². The molecule has 1 unspecified atom stereocenters. The summed E-state index contributed by atoms with van der Waals surface area (Å²) >= 11 is 0. The predicted molar refractivity (Wildman–Crippen MR) is 61.1 cm³/mol. The van der Waals surface area contributed by atoms with Gasteiger partial charge in [-0.1, -0.05) is 12.1 Å². The minimum atomic E-state index is -0.537. The number of hydrogen-bond acceptors (Lipinski definition) is 3. The Morgan fingerprint density at radius 1 is 1.47 bits per heavy atom. The van der Waals surface area contributed by atoms with Crippen LogP contribution in [0.4, 0.5) is 0 Å². The van der Waals surface area contributed by atoms with Crippen molar-refractivity contribution in [3.63, 3.8) is 0 Å². The highest BCUT2D eigenvalue weighted by atomic mass is 35.5. The normalized spacial score (nSPS) is 11.3. The van der Waals surface area contributed by atoms with E-state index in [1.165, 1.54) is 0 Å². The molecular weight excluding hydrogens is 216 g/mol. The summed E-state index contributed by atoms with van der Waals surface area (Å²) < 4.78 is 0. The molecule has 0 aliphatic carbocycles. The number of hydrogen-bond donors (Lipinski definition) is 3. The van der Waals surface area contributed by atoms with Crippen LogP contribution in [0.1, 0.15) is 5.56 Å². The Morgan fingerprint density at radius 3 is 2.47 bits per heavy atom. The lowest BCUT2D eigenvalue weighted by atomic mass is 10.1. The molecule has 0 heterocycles. The first kappa shape index (κ1) is 13.7. The van der Waals surface area contributed by atoms with Gasteiger partial charge in [-0.15, -0.1) is 12.4 Å². The van der Waals surface area contributed by atoms with E-state index in [9.17, 15) is 4.79 Å². The molecule has 0 aromatic heterocycles. The molecule has 15 heavy (non-hydrogen) atoms. The van der Waals surface area contributed by atoms with Crippen LogP contribution in [0.25, 0.3) is 0 Å². The van der Waals surface area contributed by atoms with Gasteiger partial charge in [0.1, 0.15) is 5.75 Å². The van der Waals surface area contributed by atoms with E-state index in [1.807, 2.05) is 0 Å². The van der Waals surface area contributed by atoms with Crippen molar-refractivity contribution >= 4 is 18.3 Å². The number of nitrogens with two attached hydrogens (primary N) is 1. The number of carbonyl (C=O) groups excluding carboxylic acids is 1. The molecule has 0 fully saturated rings. The SMILES string of the molecule is CNC(=O)C(N)Cc1ccc(O)cc1.Cl. The third-order valence-corrected chi connectivity index (χ3v) is 1.98. The number of likely N-dealkylation sites (N-methyl/N-ethyl adjacent to an activating group) is 1. The van der Waals surface area contributed by atoms with Gasteiger partial charge in [-0.3, -0.25) is 4.79 Å². The molecule has 5 heteroatoms. The molecule has 0 radical (unpaired) electrons. The van der Waals surface area contributed by atoms with E-state index in [0.29, 0.717) is 6.42 Å². The molecule has 0 saturated carbocycles. The van der Waals surface area contributed by atoms with Crippen LogP contribution in [0, 0.1) is 0 Å². The van der Waals surface area contributed by atoms with Crippen molar-refractivity contribution in [2.45, 2.75) is 12.5 Å². The summed E-state index contributed by atoms with van der Waals surface area (Å²) in [6, 6.07) is 6.11. The van der Waals surface area contributed by atoms with E-state index in [-0.39, 0.29) is 24.1 Å². The number of rotatable bonds is 3. The minimum absolute atomic E-state index is 0. The molecular formula is C10H15ClN2O2. The van der Waals surface area contributed by atoms with Crippen LogP contribution in [-0.2, 0) is 11.2 Å². The minimum Gasteiger partial charge on any atom is -0.508 e. The summed E-state index contributed by atoms with van der Waals surface area (Å²) in [6.07, 6.45) is 0.472. The molecule has 1 rings (SSSR count). The van der Waals surface area contributed by atoms with Crippen molar-refractivity contribution in [3.05, 3.63) is 29.8 Å². The van der Waals surface area contributed by atoms with Gasteiger partial charge >= 0.3 is 0 Å². The highest BCUT2D eigenvalue weighted by molar-refractivity contribution is 5.85. The van der Waals surface area contributed by atoms with Crippen LogP contribution in [0.15, 0.2) is 24.3 Å². The van der Waals surface area contributed by atoms with Crippen molar-refractivity contribution in [1.29, 1.82) is 0 Å². The molecule has 0 bridgehead atoms. The lowest BCUT2D eigenvalue weighted by molar-refractivity contribution is -0.121. The fourth-order valence-electron chi connectivity index (χ4n) is 1.16. The van der Waals surface area contributed by atoms with Gasteiger partial charge in [0.2, 0.25) is 5.91 Å². The van der Waals surface area contributed by atoms with Crippen LogP contribution >= 0.6 is 12.4 Å². The van der Waals surface area contributed by atoms with E-state index in [2.05, 4.69) is 5.32 Å². The summed E-state index contributed by atoms with van der Waals surface area (Å²) in [5.74, 6) is 0.0281.